The molecule has 1 aliphatic heterocycles. The first-order valence-electron chi connectivity index (χ1n) is 12.3. The fourth-order valence-electron chi connectivity index (χ4n) is 4.54. The molecule has 196 valence electrons. The van der Waals surface area contributed by atoms with Crippen LogP contribution in [-0.4, -0.2) is 65.5 Å². The molecule has 2 atom stereocenters. The summed E-state index contributed by atoms with van der Waals surface area (Å²) in [5, 5.41) is 20.4. The quantitative estimate of drug-likeness (QED) is 0.398. The van der Waals surface area contributed by atoms with E-state index >= 15 is 0 Å². The zero-order valence-corrected chi connectivity index (χ0v) is 20.6. The van der Waals surface area contributed by atoms with Crippen LogP contribution in [0, 0.1) is 5.92 Å². The molecule has 0 aromatic heterocycles. The minimum Gasteiger partial charge on any atom is -0.491 e. The van der Waals surface area contributed by atoms with E-state index in [1.807, 2.05) is 0 Å². The molecule has 1 aromatic carbocycles. The number of rotatable bonds is 2. The lowest BCUT2D eigenvalue weighted by molar-refractivity contribution is -0.142. The van der Waals surface area contributed by atoms with Crippen molar-refractivity contribution in [3.05, 3.63) is 29.8 Å². The fourth-order valence-corrected chi connectivity index (χ4v) is 4.54. The van der Waals surface area contributed by atoms with Gasteiger partial charge in [0, 0.05) is 0 Å². The highest BCUT2D eigenvalue weighted by Gasteiger charge is 2.43. The summed E-state index contributed by atoms with van der Waals surface area (Å²) < 4.78 is 5.67. The second kappa shape index (κ2) is 11.9. The van der Waals surface area contributed by atoms with Crippen LogP contribution in [-0.2, 0) is 19.2 Å². The van der Waals surface area contributed by atoms with Gasteiger partial charge < -0.3 is 31.1 Å². The summed E-state index contributed by atoms with van der Waals surface area (Å²) in [7, 11) is 0. The van der Waals surface area contributed by atoms with Crippen molar-refractivity contribution in [1.82, 2.24) is 21.3 Å². The van der Waals surface area contributed by atoms with Crippen LogP contribution in [0.25, 0.3) is 0 Å². The highest BCUT2D eigenvalue weighted by Crippen LogP contribution is 2.29. The number of carboxylic acids is 1. The van der Waals surface area contributed by atoms with Crippen molar-refractivity contribution in [1.29, 1.82) is 0 Å². The Morgan fingerprint density at radius 2 is 1.75 bits per heavy atom. The van der Waals surface area contributed by atoms with Crippen molar-refractivity contribution < 1.29 is 33.8 Å². The first kappa shape index (κ1) is 27.0. The number of ether oxygens (including phenoxy) is 1. The van der Waals surface area contributed by atoms with Crippen LogP contribution in [0.15, 0.2) is 24.3 Å². The first-order valence-corrected chi connectivity index (χ1v) is 12.3. The fraction of sp³-hybridized carbons (Fsp3) is 0.560. The number of benzene rings is 1. The minimum absolute atomic E-state index is 0.0428. The van der Waals surface area contributed by atoms with Gasteiger partial charge in [-0.3, -0.25) is 19.2 Å². The number of aliphatic carboxylic acids is 1. The first-order chi connectivity index (χ1) is 17.1. The van der Waals surface area contributed by atoms with E-state index in [-0.39, 0.29) is 36.3 Å². The Morgan fingerprint density at radius 1 is 1.06 bits per heavy atom. The number of nitrogens with one attached hydrogen (secondary N) is 4. The lowest BCUT2D eigenvalue weighted by atomic mass is 9.80. The number of fused-ring (bicyclic) bond motifs is 1. The van der Waals surface area contributed by atoms with Gasteiger partial charge in [-0.05, 0) is 30.9 Å². The molecule has 0 unspecified atom stereocenters. The number of hydrogen-bond donors (Lipinski definition) is 5. The molecule has 1 heterocycles. The second-order valence-electron chi connectivity index (χ2n) is 9.59. The van der Waals surface area contributed by atoms with Crippen molar-refractivity contribution in [2.75, 3.05) is 13.2 Å². The Hall–Kier alpha value is -3.63. The maximum Gasteiger partial charge on any atom is 0.326 e. The number of para-hydroxylation sites is 1. The average Bonchev–Trinajstić information content (AvgIpc) is 2.84. The van der Waals surface area contributed by atoms with E-state index < -0.39 is 47.7 Å². The summed E-state index contributed by atoms with van der Waals surface area (Å²) >= 11 is 0. The van der Waals surface area contributed by atoms with E-state index in [9.17, 15) is 29.1 Å². The maximum absolute atomic E-state index is 13.4. The molecular formula is C25H34N4O7. The predicted octanol–water partition coefficient (Wildman–Crippen LogP) is 0.728. The van der Waals surface area contributed by atoms with Crippen LogP contribution in [0.2, 0.25) is 0 Å². The Bertz CT molecular complexity index is 1000. The van der Waals surface area contributed by atoms with Gasteiger partial charge in [-0.15, -0.1) is 0 Å². The molecule has 11 heteroatoms. The topological polar surface area (TPSA) is 163 Å². The van der Waals surface area contributed by atoms with Gasteiger partial charge in [0.15, 0.2) is 0 Å². The van der Waals surface area contributed by atoms with Crippen LogP contribution < -0.4 is 26.0 Å². The molecule has 3 rings (SSSR count). The molecule has 5 N–H and O–H groups in total. The second-order valence-corrected chi connectivity index (χ2v) is 9.59. The lowest BCUT2D eigenvalue weighted by Gasteiger charge is -2.38. The Labute approximate surface area is 209 Å². The number of amides is 4. The smallest absolute Gasteiger partial charge is 0.326 e. The van der Waals surface area contributed by atoms with Crippen molar-refractivity contribution in [2.45, 2.75) is 70.0 Å². The molecule has 0 radical (unpaired) electrons. The van der Waals surface area contributed by atoms with Gasteiger partial charge >= 0.3 is 5.97 Å². The molecule has 4 amide bonds. The summed E-state index contributed by atoms with van der Waals surface area (Å²) in [6.07, 6.45) is 2.45. The van der Waals surface area contributed by atoms with Crippen LogP contribution in [0.4, 0.5) is 0 Å². The van der Waals surface area contributed by atoms with E-state index in [1.165, 1.54) is 6.07 Å². The van der Waals surface area contributed by atoms with Gasteiger partial charge in [-0.2, -0.15) is 0 Å². The molecule has 36 heavy (non-hydrogen) atoms. The van der Waals surface area contributed by atoms with Crippen molar-refractivity contribution in [3.8, 4) is 5.75 Å². The highest BCUT2D eigenvalue weighted by atomic mass is 16.5. The van der Waals surface area contributed by atoms with Crippen LogP contribution in [0.1, 0.15) is 62.7 Å². The molecule has 11 nitrogen and oxygen atoms in total. The Morgan fingerprint density at radius 3 is 2.42 bits per heavy atom. The zero-order valence-electron chi connectivity index (χ0n) is 20.6. The van der Waals surface area contributed by atoms with Gasteiger partial charge in [0.1, 0.15) is 30.0 Å². The predicted molar refractivity (Wildman–Crippen MR) is 129 cm³/mol. The number of hydrogen-bond acceptors (Lipinski definition) is 6. The number of carbonyl (C=O) groups is 5. The minimum atomic E-state index is -1.52. The third-order valence-corrected chi connectivity index (χ3v) is 6.54. The summed E-state index contributed by atoms with van der Waals surface area (Å²) in [6, 6.07) is 3.93. The van der Waals surface area contributed by atoms with Crippen LogP contribution >= 0.6 is 0 Å². The van der Waals surface area contributed by atoms with Gasteiger partial charge in [0.25, 0.3) is 5.91 Å². The van der Waals surface area contributed by atoms with E-state index in [2.05, 4.69) is 21.3 Å². The van der Waals surface area contributed by atoms with E-state index in [4.69, 9.17) is 4.74 Å². The molecule has 1 spiro atoms. The van der Waals surface area contributed by atoms with Gasteiger partial charge in [-0.1, -0.05) is 45.2 Å². The molecule has 1 fully saturated rings. The SMILES string of the molecule is CC(C)[C@H]1NC(=O)C2(CCCCC2)NC(=O)C[C@@H](C(=O)O)NC(=O)c2ccccc2OCCNC1=O. The monoisotopic (exact) mass is 502 g/mol. The Balaban J connectivity index is 1.94. The van der Waals surface area contributed by atoms with Crippen molar-refractivity contribution >= 4 is 29.6 Å². The molecule has 2 aliphatic rings. The van der Waals surface area contributed by atoms with Gasteiger partial charge in [0.05, 0.1) is 18.5 Å². The van der Waals surface area contributed by atoms with E-state index in [1.54, 1.807) is 32.0 Å². The third-order valence-electron chi connectivity index (χ3n) is 6.54. The standard InChI is InChI=1S/C25H34N4O7/c1-15(2)20-22(32)26-12-13-36-18-9-5-4-8-16(18)21(31)27-17(23(33)34)14-19(30)29-25(24(35)28-20)10-6-3-7-11-25/h4-5,8-9,15,17,20H,3,6-7,10-14H2,1-2H3,(H,26,32)(H,27,31)(H,28,35)(H,29,30)(H,33,34)/t17-,20+/m0/s1. The summed E-state index contributed by atoms with van der Waals surface area (Å²) in [5.74, 6) is -3.67. The van der Waals surface area contributed by atoms with Gasteiger partial charge in [-0.25, -0.2) is 4.79 Å². The molecule has 1 saturated carbocycles. The lowest BCUT2D eigenvalue weighted by Crippen LogP contribution is -2.64. The zero-order chi connectivity index (χ0) is 26.3. The van der Waals surface area contributed by atoms with Crippen LogP contribution in [0.5, 0.6) is 5.75 Å². The van der Waals surface area contributed by atoms with Gasteiger partial charge in [0.2, 0.25) is 17.7 Å². The Kier molecular flexibility index (Phi) is 8.89. The normalized spacial score (nSPS) is 23.9. The van der Waals surface area contributed by atoms with Crippen LogP contribution in [0.3, 0.4) is 0 Å². The largest absolute Gasteiger partial charge is 0.491 e. The molecule has 0 bridgehead atoms. The molecule has 1 aromatic rings. The summed E-state index contributed by atoms with van der Waals surface area (Å²) in [4.78, 5) is 64.1. The van der Waals surface area contributed by atoms with Crippen molar-refractivity contribution in [3.63, 3.8) is 0 Å². The molecule has 1 aliphatic carbocycles. The number of carboxylic acid groups (broad SMARTS) is 1. The molecule has 0 saturated heterocycles. The third kappa shape index (κ3) is 6.52. The van der Waals surface area contributed by atoms with E-state index in [0.717, 1.165) is 6.42 Å². The average molecular weight is 503 g/mol. The molecular weight excluding hydrogens is 468 g/mol. The van der Waals surface area contributed by atoms with E-state index in [0.29, 0.717) is 25.7 Å². The van der Waals surface area contributed by atoms with Crippen molar-refractivity contribution in [2.24, 2.45) is 5.92 Å². The highest BCUT2D eigenvalue weighted by molar-refractivity contribution is 6.00. The maximum atomic E-state index is 13.4. The summed E-state index contributed by atoms with van der Waals surface area (Å²) in [6.45, 7) is 3.77. The summed E-state index contributed by atoms with van der Waals surface area (Å²) in [5.41, 5.74) is -1.17. The number of carbonyl (C=O) groups excluding carboxylic acids is 4.